The molecule has 18 heavy (non-hydrogen) atoms. The molecule has 98 valence electrons. The second-order valence-electron chi connectivity index (χ2n) is 5.44. The van der Waals surface area contributed by atoms with Crippen LogP contribution in [-0.4, -0.2) is 46.9 Å². The summed E-state index contributed by atoms with van der Waals surface area (Å²) in [5.74, 6) is 0.971. The lowest BCUT2D eigenvalue weighted by molar-refractivity contribution is 0.0753. The van der Waals surface area contributed by atoms with Gasteiger partial charge in [0.25, 0.3) is 5.89 Å². The fourth-order valence-corrected chi connectivity index (χ4v) is 2.72. The van der Waals surface area contributed by atoms with E-state index in [1.807, 2.05) is 4.90 Å². The fraction of sp³-hybridized carbons (Fsp3) is 0.692. The highest BCUT2D eigenvalue weighted by Gasteiger charge is 2.26. The van der Waals surface area contributed by atoms with Gasteiger partial charge in [0, 0.05) is 32.7 Å². The van der Waals surface area contributed by atoms with E-state index in [1.54, 1.807) is 6.26 Å². The molecule has 0 bridgehead atoms. The second-order valence-corrected chi connectivity index (χ2v) is 5.44. The lowest BCUT2D eigenvalue weighted by Gasteiger charge is -2.36. The Morgan fingerprint density at radius 3 is 2.83 bits per heavy atom. The molecule has 0 aromatic carbocycles. The predicted molar refractivity (Wildman–Crippen MR) is 66.1 cm³/mol. The predicted octanol–water partition coefficient (Wildman–Crippen LogP) is 1.36. The quantitative estimate of drug-likeness (QED) is 0.811. The Labute approximate surface area is 107 Å². The smallest absolute Gasteiger partial charge is 0.309 e. The van der Waals surface area contributed by atoms with Crippen molar-refractivity contribution in [3.05, 3.63) is 17.8 Å². The third-order valence-corrected chi connectivity index (χ3v) is 3.65. The first-order valence-corrected chi connectivity index (χ1v) is 6.68. The molecule has 0 saturated carbocycles. The van der Waals surface area contributed by atoms with Gasteiger partial charge in [-0.2, -0.15) is 0 Å². The van der Waals surface area contributed by atoms with Gasteiger partial charge < -0.3 is 9.32 Å². The van der Waals surface area contributed by atoms with Gasteiger partial charge in [0.15, 0.2) is 0 Å². The number of amides is 1. The van der Waals surface area contributed by atoms with Crippen molar-refractivity contribution < 1.29 is 9.21 Å². The average molecular weight is 249 g/mol. The summed E-state index contributed by atoms with van der Waals surface area (Å²) in [4.78, 5) is 20.5. The van der Waals surface area contributed by atoms with Crippen LogP contribution in [0.25, 0.3) is 0 Å². The van der Waals surface area contributed by atoms with E-state index in [9.17, 15) is 4.79 Å². The van der Waals surface area contributed by atoms with Crippen molar-refractivity contribution in [3.63, 3.8) is 0 Å². The molecule has 0 atom stereocenters. The first-order valence-electron chi connectivity index (χ1n) is 6.68. The number of likely N-dealkylation sites (tertiary alicyclic amines) is 2. The number of aromatic nitrogens is 1. The Balaban J connectivity index is 1.60. The first-order chi connectivity index (χ1) is 8.72. The molecule has 3 rings (SSSR count). The summed E-state index contributed by atoms with van der Waals surface area (Å²) in [6, 6.07) is 0. The Morgan fingerprint density at radius 2 is 2.17 bits per heavy atom. The molecule has 0 aliphatic carbocycles. The zero-order valence-corrected chi connectivity index (χ0v) is 10.8. The molecular formula is C13H19N3O2. The molecular weight excluding hydrogens is 230 g/mol. The van der Waals surface area contributed by atoms with Gasteiger partial charge in [-0.25, -0.2) is 4.98 Å². The van der Waals surface area contributed by atoms with E-state index >= 15 is 0 Å². The third kappa shape index (κ3) is 2.27. The van der Waals surface area contributed by atoms with E-state index in [0.717, 1.165) is 57.2 Å². The minimum Gasteiger partial charge on any atom is -0.441 e. The molecule has 0 N–H and O–H groups in total. The molecule has 0 spiro atoms. The van der Waals surface area contributed by atoms with Crippen LogP contribution in [0.15, 0.2) is 10.7 Å². The maximum atomic E-state index is 12.0. The summed E-state index contributed by atoms with van der Waals surface area (Å²) in [5.41, 5.74) is 0.865. The van der Waals surface area contributed by atoms with Crippen LogP contribution in [0, 0.1) is 5.92 Å². The molecule has 1 aromatic rings. The Morgan fingerprint density at radius 1 is 1.44 bits per heavy atom. The molecule has 3 heterocycles. The molecule has 0 radical (unpaired) electrons. The Bertz CT molecular complexity index is 431. The lowest BCUT2D eigenvalue weighted by Crippen LogP contribution is -2.44. The standard InChI is InChI=1S/C13H19N3O2/c1-10-6-15(7-10)8-11-9-18-12(14-11)13(17)16-4-2-3-5-16/h9-10H,2-8H2,1H3. The van der Waals surface area contributed by atoms with Crippen molar-refractivity contribution in [2.24, 2.45) is 5.92 Å². The Kier molecular flexibility index (Phi) is 3.07. The van der Waals surface area contributed by atoms with Gasteiger partial charge >= 0.3 is 5.91 Å². The zero-order valence-electron chi connectivity index (χ0n) is 10.8. The fourth-order valence-electron chi connectivity index (χ4n) is 2.72. The van der Waals surface area contributed by atoms with Crippen LogP contribution in [0.5, 0.6) is 0 Å². The van der Waals surface area contributed by atoms with E-state index in [2.05, 4.69) is 16.8 Å². The van der Waals surface area contributed by atoms with Gasteiger partial charge in [0.05, 0.1) is 5.69 Å². The normalized spacial score (nSPS) is 21.3. The lowest BCUT2D eigenvalue weighted by atomic mass is 10.0. The minimum atomic E-state index is -0.0595. The van der Waals surface area contributed by atoms with Crippen LogP contribution in [0.3, 0.4) is 0 Å². The largest absolute Gasteiger partial charge is 0.441 e. The Hall–Kier alpha value is -1.36. The van der Waals surface area contributed by atoms with Gasteiger partial charge in [0.2, 0.25) is 0 Å². The molecule has 2 fully saturated rings. The second kappa shape index (κ2) is 4.72. The van der Waals surface area contributed by atoms with Gasteiger partial charge in [-0.15, -0.1) is 0 Å². The van der Waals surface area contributed by atoms with Crippen LogP contribution >= 0.6 is 0 Å². The summed E-state index contributed by atoms with van der Waals surface area (Å²) >= 11 is 0. The third-order valence-electron chi connectivity index (χ3n) is 3.65. The highest BCUT2D eigenvalue weighted by molar-refractivity contribution is 5.89. The molecule has 1 amide bonds. The number of oxazole rings is 1. The van der Waals surface area contributed by atoms with E-state index in [0.29, 0.717) is 0 Å². The molecule has 2 aliphatic rings. The van der Waals surface area contributed by atoms with Crippen molar-refractivity contribution in [1.29, 1.82) is 0 Å². The monoisotopic (exact) mass is 249 g/mol. The molecule has 1 aromatic heterocycles. The minimum absolute atomic E-state index is 0.0595. The van der Waals surface area contributed by atoms with Crippen molar-refractivity contribution in [1.82, 2.24) is 14.8 Å². The first kappa shape index (κ1) is 11.7. The molecule has 5 nitrogen and oxygen atoms in total. The van der Waals surface area contributed by atoms with Crippen LogP contribution in [0.4, 0.5) is 0 Å². The maximum absolute atomic E-state index is 12.0. The van der Waals surface area contributed by atoms with E-state index < -0.39 is 0 Å². The van der Waals surface area contributed by atoms with Crippen molar-refractivity contribution in [3.8, 4) is 0 Å². The average Bonchev–Trinajstić information content (AvgIpc) is 2.97. The van der Waals surface area contributed by atoms with Gasteiger partial charge in [-0.1, -0.05) is 6.92 Å². The van der Waals surface area contributed by atoms with Crippen molar-refractivity contribution in [2.75, 3.05) is 26.2 Å². The van der Waals surface area contributed by atoms with Crippen LogP contribution < -0.4 is 0 Å². The highest BCUT2D eigenvalue weighted by atomic mass is 16.4. The van der Waals surface area contributed by atoms with E-state index in [1.165, 1.54) is 0 Å². The number of hydrogen-bond acceptors (Lipinski definition) is 4. The van der Waals surface area contributed by atoms with E-state index in [4.69, 9.17) is 4.42 Å². The van der Waals surface area contributed by atoms with Crippen LogP contribution in [0.1, 0.15) is 36.1 Å². The molecule has 0 unspecified atom stereocenters. The molecule has 5 heteroatoms. The number of rotatable bonds is 3. The number of hydrogen-bond donors (Lipinski definition) is 0. The van der Waals surface area contributed by atoms with Crippen molar-refractivity contribution in [2.45, 2.75) is 26.3 Å². The number of carbonyl (C=O) groups excluding carboxylic acids is 1. The number of nitrogens with zero attached hydrogens (tertiary/aromatic N) is 3. The van der Waals surface area contributed by atoms with Gasteiger partial charge in [-0.05, 0) is 18.8 Å². The summed E-state index contributed by atoms with van der Waals surface area (Å²) in [6.07, 6.45) is 3.79. The SMILES string of the molecule is CC1CN(Cc2coc(C(=O)N3CCCC3)n2)C1. The number of carbonyl (C=O) groups is 1. The summed E-state index contributed by atoms with van der Waals surface area (Å²) in [7, 11) is 0. The zero-order chi connectivity index (χ0) is 12.5. The topological polar surface area (TPSA) is 49.6 Å². The van der Waals surface area contributed by atoms with Crippen molar-refractivity contribution >= 4 is 5.91 Å². The van der Waals surface area contributed by atoms with E-state index in [-0.39, 0.29) is 11.8 Å². The molecule has 2 saturated heterocycles. The van der Waals surface area contributed by atoms with Gasteiger partial charge in [0.1, 0.15) is 6.26 Å². The van der Waals surface area contributed by atoms with Crippen LogP contribution in [-0.2, 0) is 6.54 Å². The van der Waals surface area contributed by atoms with Gasteiger partial charge in [-0.3, -0.25) is 9.69 Å². The summed E-state index contributed by atoms with van der Waals surface area (Å²) < 4.78 is 5.31. The maximum Gasteiger partial charge on any atom is 0.309 e. The highest BCUT2D eigenvalue weighted by Crippen LogP contribution is 2.18. The summed E-state index contributed by atoms with van der Waals surface area (Å²) in [5, 5.41) is 0. The summed E-state index contributed by atoms with van der Waals surface area (Å²) in [6.45, 7) is 6.92. The molecule has 2 aliphatic heterocycles. The van der Waals surface area contributed by atoms with Crippen LogP contribution in [0.2, 0.25) is 0 Å².